The molecule has 0 saturated heterocycles. The fraction of sp³-hybridized carbons (Fsp3) is 0.111. The van der Waals surface area contributed by atoms with Crippen LogP contribution in [-0.4, -0.2) is 29.1 Å². The third-order valence-electron chi connectivity index (χ3n) is 1.41. The van der Waals surface area contributed by atoms with Gasteiger partial charge in [-0.2, -0.15) is 0 Å². The van der Waals surface area contributed by atoms with Gasteiger partial charge in [0, 0.05) is 6.07 Å². The molecule has 19 heavy (non-hydrogen) atoms. The van der Waals surface area contributed by atoms with E-state index in [-0.39, 0.29) is 6.47 Å². The third-order valence-corrected chi connectivity index (χ3v) is 1.41. The van der Waals surface area contributed by atoms with Crippen LogP contribution in [0.15, 0.2) is 18.2 Å². The molecular weight excluding hydrogens is 278 g/mol. The van der Waals surface area contributed by atoms with Gasteiger partial charge in [0.25, 0.3) is 6.47 Å². The summed E-state index contributed by atoms with van der Waals surface area (Å²) in [6.07, 6.45) is -6.51. The Hall–Kier alpha value is -2.52. The summed E-state index contributed by atoms with van der Waals surface area (Å²) in [5.41, 5.74) is -0.616. The van der Waals surface area contributed by atoms with Crippen LogP contribution in [0.1, 0.15) is 0 Å². The summed E-state index contributed by atoms with van der Waals surface area (Å²) in [5, 5.41) is 16.8. The van der Waals surface area contributed by atoms with Crippen LogP contribution in [0.25, 0.3) is 0 Å². The van der Waals surface area contributed by atoms with Crippen molar-refractivity contribution in [3.8, 4) is 5.75 Å². The van der Waals surface area contributed by atoms with Crippen LogP contribution in [0.5, 0.6) is 5.75 Å². The van der Waals surface area contributed by atoms with Gasteiger partial charge in [0.05, 0.1) is 5.69 Å². The number of benzene rings is 1. The first-order valence-electron chi connectivity index (χ1n) is 4.32. The van der Waals surface area contributed by atoms with Gasteiger partial charge in [0.15, 0.2) is 0 Å². The van der Waals surface area contributed by atoms with Gasteiger partial charge in [-0.15, -0.1) is 13.2 Å². The normalized spacial score (nSPS) is 9.89. The predicted molar refractivity (Wildman–Crippen MR) is 53.4 cm³/mol. The number of amides is 1. The summed E-state index contributed by atoms with van der Waals surface area (Å²) in [7, 11) is 0. The predicted octanol–water partition coefficient (Wildman–Crippen LogP) is 2.51. The molecule has 0 aliphatic heterocycles. The van der Waals surface area contributed by atoms with Crippen molar-refractivity contribution in [2.75, 3.05) is 5.32 Å². The Morgan fingerprint density at radius 3 is 2.32 bits per heavy atom. The van der Waals surface area contributed by atoms with E-state index in [2.05, 4.69) is 4.74 Å². The number of hydrogen-bond acceptors (Lipinski definition) is 3. The second-order valence-corrected chi connectivity index (χ2v) is 2.73. The van der Waals surface area contributed by atoms with Crippen LogP contribution in [0, 0.1) is 5.82 Å². The Morgan fingerprint density at radius 1 is 1.37 bits per heavy atom. The number of alkyl halides is 3. The van der Waals surface area contributed by atoms with E-state index in [9.17, 15) is 22.4 Å². The number of rotatable bonds is 2. The van der Waals surface area contributed by atoms with E-state index < -0.39 is 29.7 Å². The molecule has 1 aromatic rings. The van der Waals surface area contributed by atoms with Crippen molar-refractivity contribution in [1.82, 2.24) is 0 Å². The zero-order valence-corrected chi connectivity index (χ0v) is 8.94. The molecule has 0 unspecified atom stereocenters. The molecule has 106 valence electrons. The molecular formula is C9H7F4NO5. The van der Waals surface area contributed by atoms with Crippen molar-refractivity contribution in [2.24, 2.45) is 0 Å². The van der Waals surface area contributed by atoms with Gasteiger partial charge in [-0.25, -0.2) is 9.18 Å². The molecule has 0 bridgehead atoms. The van der Waals surface area contributed by atoms with Crippen molar-refractivity contribution in [1.29, 1.82) is 0 Å². The molecule has 1 aromatic carbocycles. The zero-order chi connectivity index (χ0) is 15.1. The number of carbonyl (C=O) groups is 2. The van der Waals surface area contributed by atoms with Crippen LogP contribution >= 0.6 is 0 Å². The fourth-order valence-corrected chi connectivity index (χ4v) is 0.913. The van der Waals surface area contributed by atoms with Gasteiger partial charge >= 0.3 is 12.5 Å². The molecule has 0 fully saturated rings. The Labute approximate surface area is 103 Å². The largest absolute Gasteiger partial charge is 0.573 e. The van der Waals surface area contributed by atoms with Crippen LogP contribution in [0.2, 0.25) is 0 Å². The molecule has 0 aromatic heterocycles. The van der Waals surface area contributed by atoms with Crippen molar-refractivity contribution in [2.45, 2.75) is 6.36 Å². The first kappa shape index (κ1) is 16.5. The number of halogens is 4. The molecule has 6 nitrogen and oxygen atoms in total. The Kier molecular flexibility index (Phi) is 6.10. The van der Waals surface area contributed by atoms with Crippen LogP contribution in [0.4, 0.5) is 28.0 Å². The smallest absolute Gasteiger partial charge is 0.483 e. The first-order chi connectivity index (χ1) is 8.69. The standard InChI is InChI=1S/C8H5F4NO3.CH2O2/c9-5-2-1-4(16-8(10,11)12)3-6(5)13-7(14)15;2-1-3/h1-3,13H,(H,14,15);1H,(H,2,3). The van der Waals surface area contributed by atoms with Crippen LogP contribution in [0.3, 0.4) is 0 Å². The van der Waals surface area contributed by atoms with Gasteiger partial charge in [-0.05, 0) is 12.1 Å². The molecule has 1 rings (SSSR count). The Balaban J connectivity index is 0.000000982. The maximum absolute atomic E-state index is 12.9. The van der Waals surface area contributed by atoms with E-state index in [4.69, 9.17) is 15.0 Å². The van der Waals surface area contributed by atoms with Crippen LogP contribution < -0.4 is 10.1 Å². The lowest BCUT2D eigenvalue weighted by Crippen LogP contribution is -2.17. The summed E-state index contributed by atoms with van der Waals surface area (Å²) in [6.45, 7) is -0.250. The lowest BCUT2D eigenvalue weighted by molar-refractivity contribution is -0.274. The summed E-state index contributed by atoms with van der Waals surface area (Å²) in [6, 6.07) is 1.99. The maximum Gasteiger partial charge on any atom is 0.573 e. The monoisotopic (exact) mass is 285 g/mol. The van der Waals surface area contributed by atoms with Crippen molar-refractivity contribution < 1.29 is 42.1 Å². The molecule has 0 radical (unpaired) electrons. The summed E-state index contributed by atoms with van der Waals surface area (Å²) in [4.78, 5) is 18.5. The zero-order valence-electron chi connectivity index (χ0n) is 8.94. The minimum atomic E-state index is -4.92. The average molecular weight is 285 g/mol. The van der Waals surface area contributed by atoms with Crippen molar-refractivity contribution in [3.05, 3.63) is 24.0 Å². The van der Waals surface area contributed by atoms with Crippen LogP contribution in [-0.2, 0) is 4.79 Å². The van der Waals surface area contributed by atoms with Gasteiger partial charge in [-0.1, -0.05) is 0 Å². The molecule has 10 heteroatoms. The highest BCUT2D eigenvalue weighted by atomic mass is 19.4. The molecule has 0 heterocycles. The number of ether oxygens (including phenoxy) is 1. The lowest BCUT2D eigenvalue weighted by Gasteiger charge is -2.10. The lowest BCUT2D eigenvalue weighted by atomic mass is 10.3. The van der Waals surface area contributed by atoms with E-state index in [0.29, 0.717) is 12.1 Å². The fourth-order valence-electron chi connectivity index (χ4n) is 0.913. The highest BCUT2D eigenvalue weighted by Crippen LogP contribution is 2.26. The highest BCUT2D eigenvalue weighted by Gasteiger charge is 2.31. The summed E-state index contributed by atoms with van der Waals surface area (Å²) in [5.74, 6) is -1.71. The van der Waals surface area contributed by atoms with Gasteiger partial charge in [0.1, 0.15) is 11.6 Å². The van der Waals surface area contributed by atoms with E-state index in [0.717, 1.165) is 6.07 Å². The first-order valence-corrected chi connectivity index (χ1v) is 4.32. The minimum absolute atomic E-state index is 0.250. The van der Waals surface area contributed by atoms with E-state index >= 15 is 0 Å². The number of anilines is 1. The molecule has 3 N–H and O–H groups in total. The van der Waals surface area contributed by atoms with Gasteiger partial charge < -0.3 is 14.9 Å². The topological polar surface area (TPSA) is 95.9 Å². The quantitative estimate of drug-likeness (QED) is 0.573. The Morgan fingerprint density at radius 2 is 1.89 bits per heavy atom. The molecule has 0 spiro atoms. The van der Waals surface area contributed by atoms with Crippen molar-refractivity contribution in [3.63, 3.8) is 0 Å². The molecule has 0 saturated carbocycles. The van der Waals surface area contributed by atoms with Crippen molar-refractivity contribution >= 4 is 18.3 Å². The van der Waals surface area contributed by atoms with E-state index in [1.165, 1.54) is 0 Å². The maximum atomic E-state index is 12.9. The molecule has 0 aliphatic carbocycles. The van der Waals surface area contributed by atoms with Gasteiger partial charge in [0.2, 0.25) is 0 Å². The summed E-state index contributed by atoms with van der Waals surface area (Å²) < 4.78 is 51.7. The van der Waals surface area contributed by atoms with Gasteiger partial charge in [-0.3, -0.25) is 10.1 Å². The second-order valence-electron chi connectivity index (χ2n) is 2.73. The SMILES string of the molecule is O=C(O)Nc1cc(OC(F)(F)F)ccc1F.O=CO. The molecule has 0 aliphatic rings. The summed E-state index contributed by atoms with van der Waals surface area (Å²) >= 11 is 0. The third kappa shape index (κ3) is 7.41. The molecule has 0 atom stereocenters. The number of nitrogens with one attached hydrogen (secondary N) is 1. The number of hydrogen-bond donors (Lipinski definition) is 3. The van der Waals surface area contributed by atoms with E-state index in [1.54, 1.807) is 5.32 Å². The van der Waals surface area contributed by atoms with E-state index in [1.807, 2.05) is 0 Å². The highest BCUT2D eigenvalue weighted by molar-refractivity contribution is 5.83. The average Bonchev–Trinajstić information content (AvgIpc) is 2.21. The molecule has 1 amide bonds. The second kappa shape index (κ2) is 7.03. The minimum Gasteiger partial charge on any atom is -0.483 e. The number of carboxylic acid groups (broad SMARTS) is 2. The Bertz CT molecular complexity index is 449.